The van der Waals surface area contributed by atoms with Crippen LogP contribution in [-0.4, -0.2) is 49.1 Å². The fourth-order valence-corrected chi connectivity index (χ4v) is 4.28. The number of hydrogen-bond acceptors (Lipinski definition) is 3. The zero-order valence-electron chi connectivity index (χ0n) is 16.9. The van der Waals surface area contributed by atoms with Gasteiger partial charge in [-0.3, -0.25) is 9.59 Å². The van der Waals surface area contributed by atoms with E-state index in [9.17, 15) is 9.59 Å². The number of carbonyl (C=O) groups is 2. The van der Waals surface area contributed by atoms with Crippen molar-refractivity contribution in [2.45, 2.75) is 32.3 Å². The Labute approximate surface area is 172 Å². The highest BCUT2D eigenvalue weighted by atomic mass is 16.5. The molecule has 0 spiro atoms. The average molecular weight is 392 g/mol. The van der Waals surface area contributed by atoms with E-state index in [-0.39, 0.29) is 23.8 Å². The van der Waals surface area contributed by atoms with Crippen LogP contribution in [0.1, 0.15) is 24.0 Å². The van der Waals surface area contributed by atoms with E-state index in [2.05, 4.69) is 42.6 Å². The molecule has 5 heteroatoms. The largest absolute Gasteiger partial charge is 0.368 e. The van der Waals surface area contributed by atoms with Crippen LogP contribution < -0.4 is 5.32 Å². The molecule has 2 atom stereocenters. The first kappa shape index (κ1) is 19.6. The molecule has 0 aliphatic carbocycles. The van der Waals surface area contributed by atoms with Crippen molar-refractivity contribution in [2.75, 3.05) is 26.2 Å². The van der Waals surface area contributed by atoms with E-state index in [0.717, 1.165) is 24.0 Å². The first-order chi connectivity index (χ1) is 14.1. The van der Waals surface area contributed by atoms with Crippen LogP contribution in [0.4, 0.5) is 0 Å². The normalized spacial score (nSPS) is 22.2. The molecule has 2 unspecified atom stereocenters. The summed E-state index contributed by atoms with van der Waals surface area (Å²) in [6.45, 7) is 4.24. The second kappa shape index (κ2) is 8.78. The predicted octanol–water partition coefficient (Wildman–Crippen LogP) is 2.96. The third kappa shape index (κ3) is 4.51. The highest BCUT2D eigenvalue weighted by Gasteiger charge is 2.33. The van der Waals surface area contributed by atoms with Gasteiger partial charge in [0.15, 0.2) is 0 Å². The number of aryl methyl sites for hydroxylation is 1. The fraction of sp³-hybridized carbons (Fsp3) is 0.417. The van der Waals surface area contributed by atoms with Gasteiger partial charge in [-0.2, -0.15) is 0 Å². The highest BCUT2D eigenvalue weighted by Crippen LogP contribution is 2.25. The zero-order chi connectivity index (χ0) is 20.2. The number of amides is 2. The summed E-state index contributed by atoms with van der Waals surface area (Å²) in [5.74, 6) is -0.207. The Bertz CT molecular complexity index is 889. The molecule has 0 radical (unpaired) electrons. The smallest absolute Gasteiger partial charge is 0.251 e. The van der Waals surface area contributed by atoms with E-state index in [0.29, 0.717) is 32.7 Å². The van der Waals surface area contributed by atoms with Gasteiger partial charge in [-0.15, -0.1) is 0 Å². The van der Waals surface area contributed by atoms with Gasteiger partial charge in [0.2, 0.25) is 5.91 Å². The minimum Gasteiger partial charge on any atom is -0.368 e. The molecule has 2 aliphatic rings. The molecule has 2 aromatic rings. The Morgan fingerprint density at radius 2 is 2.07 bits per heavy atom. The lowest BCUT2D eigenvalue weighted by atomic mass is 9.94. The lowest BCUT2D eigenvalue weighted by Gasteiger charge is -2.25. The Hall–Kier alpha value is -2.66. The molecular weight excluding hydrogens is 364 g/mol. The quantitative estimate of drug-likeness (QED) is 0.870. The van der Waals surface area contributed by atoms with E-state index in [1.165, 1.54) is 11.1 Å². The van der Waals surface area contributed by atoms with Crippen molar-refractivity contribution >= 4 is 11.8 Å². The van der Waals surface area contributed by atoms with Crippen molar-refractivity contribution in [3.8, 4) is 11.1 Å². The van der Waals surface area contributed by atoms with Crippen LogP contribution in [-0.2, 0) is 20.7 Å². The van der Waals surface area contributed by atoms with Crippen molar-refractivity contribution in [2.24, 2.45) is 5.92 Å². The van der Waals surface area contributed by atoms with Gasteiger partial charge in [-0.25, -0.2) is 0 Å². The van der Waals surface area contributed by atoms with Crippen molar-refractivity contribution in [3.05, 3.63) is 59.7 Å². The van der Waals surface area contributed by atoms with Crippen molar-refractivity contribution in [1.29, 1.82) is 0 Å². The Morgan fingerprint density at radius 3 is 2.86 bits per heavy atom. The number of nitrogens with zero attached hydrogens (tertiary/aromatic N) is 1. The second-order valence-corrected chi connectivity index (χ2v) is 7.99. The maximum atomic E-state index is 12.8. The molecule has 0 saturated carbocycles. The van der Waals surface area contributed by atoms with Gasteiger partial charge in [-0.05, 0) is 48.4 Å². The van der Waals surface area contributed by atoms with Gasteiger partial charge in [0.25, 0.3) is 5.91 Å². The molecule has 1 N–H and O–H groups in total. The lowest BCUT2D eigenvalue weighted by Crippen LogP contribution is -2.42. The molecule has 0 bridgehead atoms. The molecule has 2 saturated heterocycles. The lowest BCUT2D eigenvalue weighted by molar-refractivity contribution is -0.141. The van der Waals surface area contributed by atoms with Gasteiger partial charge in [0.05, 0.1) is 5.92 Å². The number of benzene rings is 2. The molecule has 2 fully saturated rings. The van der Waals surface area contributed by atoms with E-state index < -0.39 is 0 Å². The Morgan fingerprint density at radius 1 is 1.21 bits per heavy atom. The maximum absolute atomic E-state index is 12.8. The monoisotopic (exact) mass is 392 g/mol. The number of carbonyl (C=O) groups excluding carboxylic acids is 2. The van der Waals surface area contributed by atoms with Crippen LogP contribution in [0.5, 0.6) is 0 Å². The van der Waals surface area contributed by atoms with Gasteiger partial charge >= 0.3 is 0 Å². The van der Waals surface area contributed by atoms with Gasteiger partial charge in [0.1, 0.15) is 6.10 Å². The van der Waals surface area contributed by atoms with Crippen LogP contribution >= 0.6 is 0 Å². The van der Waals surface area contributed by atoms with Crippen LogP contribution in [0.2, 0.25) is 0 Å². The average Bonchev–Trinajstić information content (AvgIpc) is 3.21. The molecule has 2 amide bonds. The minimum atomic E-state index is -0.340. The van der Waals surface area contributed by atoms with E-state index in [1.807, 2.05) is 23.1 Å². The summed E-state index contributed by atoms with van der Waals surface area (Å²) in [5, 5.41) is 2.97. The Kier molecular flexibility index (Phi) is 5.95. The van der Waals surface area contributed by atoms with Crippen LogP contribution in [0.25, 0.3) is 11.1 Å². The van der Waals surface area contributed by atoms with Gasteiger partial charge in [-0.1, -0.05) is 48.5 Å². The Balaban J connectivity index is 1.51. The second-order valence-electron chi connectivity index (χ2n) is 7.99. The van der Waals surface area contributed by atoms with E-state index >= 15 is 0 Å². The SMILES string of the molecule is Cc1ccccc1-c1cccc(CC2CN(C(=O)C3CCCO3)CCNC2=O)c1. The summed E-state index contributed by atoms with van der Waals surface area (Å²) in [6.07, 6.45) is 1.98. The standard InChI is InChI=1S/C24H28N2O3/c1-17-6-2-3-9-21(17)19-8-4-7-18(14-19)15-20-16-26(12-11-25-23(20)27)24(28)22-10-5-13-29-22/h2-4,6-9,14,20,22H,5,10-13,15-16H2,1H3,(H,25,27). The number of rotatable bonds is 4. The number of nitrogens with one attached hydrogen (secondary N) is 1. The molecule has 2 aromatic carbocycles. The molecule has 4 rings (SSSR count). The number of ether oxygens (including phenoxy) is 1. The van der Waals surface area contributed by atoms with Crippen LogP contribution in [0.3, 0.4) is 0 Å². The summed E-state index contributed by atoms with van der Waals surface area (Å²) in [7, 11) is 0. The fourth-order valence-electron chi connectivity index (χ4n) is 4.28. The first-order valence-corrected chi connectivity index (χ1v) is 10.4. The predicted molar refractivity (Wildman–Crippen MR) is 112 cm³/mol. The highest BCUT2D eigenvalue weighted by molar-refractivity contribution is 5.84. The summed E-state index contributed by atoms with van der Waals surface area (Å²) in [5.41, 5.74) is 4.69. The summed E-state index contributed by atoms with van der Waals surface area (Å²) >= 11 is 0. The minimum absolute atomic E-state index is 0.0222. The number of hydrogen-bond donors (Lipinski definition) is 1. The molecule has 2 heterocycles. The van der Waals surface area contributed by atoms with Crippen molar-refractivity contribution < 1.29 is 14.3 Å². The molecule has 29 heavy (non-hydrogen) atoms. The maximum Gasteiger partial charge on any atom is 0.251 e. The van der Waals surface area contributed by atoms with Crippen molar-refractivity contribution in [3.63, 3.8) is 0 Å². The molecule has 2 aliphatic heterocycles. The van der Waals surface area contributed by atoms with Gasteiger partial charge < -0.3 is 15.0 Å². The van der Waals surface area contributed by atoms with Crippen LogP contribution in [0.15, 0.2) is 48.5 Å². The third-order valence-corrected chi connectivity index (χ3v) is 5.87. The zero-order valence-corrected chi connectivity index (χ0v) is 16.9. The third-order valence-electron chi connectivity index (χ3n) is 5.87. The summed E-state index contributed by atoms with van der Waals surface area (Å²) in [4.78, 5) is 27.2. The van der Waals surface area contributed by atoms with Crippen molar-refractivity contribution in [1.82, 2.24) is 10.2 Å². The van der Waals surface area contributed by atoms with Crippen LogP contribution in [0, 0.1) is 12.8 Å². The summed E-state index contributed by atoms with van der Waals surface area (Å²) < 4.78 is 5.57. The van der Waals surface area contributed by atoms with Gasteiger partial charge in [0, 0.05) is 26.2 Å². The molecular formula is C24H28N2O3. The summed E-state index contributed by atoms with van der Waals surface area (Å²) in [6, 6.07) is 16.7. The molecule has 5 nitrogen and oxygen atoms in total. The molecule has 0 aromatic heterocycles. The first-order valence-electron chi connectivity index (χ1n) is 10.4. The molecule has 152 valence electrons. The topological polar surface area (TPSA) is 58.6 Å². The van der Waals surface area contributed by atoms with E-state index in [4.69, 9.17) is 4.74 Å². The van der Waals surface area contributed by atoms with E-state index in [1.54, 1.807) is 0 Å².